The molecule has 2 heterocycles. The second-order valence-corrected chi connectivity index (χ2v) is 4.63. The Morgan fingerprint density at radius 1 is 1.11 bits per heavy atom. The lowest BCUT2D eigenvalue weighted by Gasteiger charge is -2.19. The molecule has 0 spiro atoms. The van der Waals surface area contributed by atoms with Crippen molar-refractivity contribution in [3.05, 3.63) is 42.4 Å². The Morgan fingerprint density at radius 2 is 1.84 bits per heavy atom. The molecular formula is C14H15N5. The summed E-state index contributed by atoms with van der Waals surface area (Å²) in [6.07, 6.45) is 1.53. The van der Waals surface area contributed by atoms with Gasteiger partial charge >= 0.3 is 0 Å². The van der Waals surface area contributed by atoms with Gasteiger partial charge in [0.05, 0.1) is 5.69 Å². The Morgan fingerprint density at radius 3 is 2.53 bits per heavy atom. The van der Waals surface area contributed by atoms with E-state index in [4.69, 9.17) is 0 Å². The molecule has 2 aromatic heterocycles. The number of hydrogen-bond donors (Lipinski definition) is 0. The zero-order chi connectivity index (χ0) is 13.4. The maximum atomic E-state index is 4.52. The van der Waals surface area contributed by atoms with Gasteiger partial charge in [-0.1, -0.05) is 30.3 Å². The first-order valence-corrected chi connectivity index (χ1v) is 6.11. The number of benzene rings is 1. The highest BCUT2D eigenvalue weighted by molar-refractivity contribution is 5.79. The molecule has 3 rings (SSSR count). The number of aryl methyl sites for hydroxylation is 1. The molecule has 5 heteroatoms. The standard InChI is InChI=1S/C14H15N5/c1-10-12(11-7-5-4-6-8-11)13(18(2)3)19-14(17-10)15-9-16-19/h4-9H,1-3H3. The van der Waals surface area contributed by atoms with Crippen LogP contribution in [0, 0.1) is 6.92 Å². The minimum absolute atomic E-state index is 0.626. The van der Waals surface area contributed by atoms with Crippen molar-refractivity contribution in [2.24, 2.45) is 0 Å². The molecule has 0 radical (unpaired) electrons. The first kappa shape index (κ1) is 11.6. The summed E-state index contributed by atoms with van der Waals surface area (Å²) in [5, 5.41) is 4.27. The van der Waals surface area contributed by atoms with Gasteiger partial charge in [0.1, 0.15) is 12.1 Å². The Labute approximate surface area is 111 Å². The topological polar surface area (TPSA) is 46.3 Å². The summed E-state index contributed by atoms with van der Waals surface area (Å²) in [5.74, 6) is 1.62. The molecule has 0 aliphatic rings. The summed E-state index contributed by atoms with van der Waals surface area (Å²) in [6, 6.07) is 10.2. The number of aromatic nitrogens is 4. The van der Waals surface area contributed by atoms with Crippen molar-refractivity contribution in [3.63, 3.8) is 0 Å². The van der Waals surface area contributed by atoms with Crippen molar-refractivity contribution in [2.75, 3.05) is 19.0 Å². The van der Waals surface area contributed by atoms with E-state index in [1.165, 1.54) is 6.33 Å². The van der Waals surface area contributed by atoms with Gasteiger partial charge in [-0.2, -0.15) is 14.6 Å². The van der Waals surface area contributed by atoms with E-state index in [1.807, 2.05) is 44.1 Å². The van der Waals surface area contributed by atoms with Crippen LogP contribution in [0.3, 0.4) is 0 Å². The van der Waals surface area contributed by atoms with E-state index in [1.54, 1.807) is 4.52 Å². The molecule has 0 fully saturated rings. The van der Waals surface area contributed by atoms with Gasteiger partial charge in [-0.15, -0.1) is 0 Å². The first-order chi connectivity index (χ1) is 9.18. The third-order valence-electron chi connectivity index (χ3n) is 3.07. The smallest absolute Gasteiger partial charge is 0.254 e. The van der Waals surface area contributed by atoms with E-state index in [9.17, 15) is 0 Å². The van der Waals surface area contributed by atoms with E-state index >= 15 is 0 Å². The molecule has 96 valence electrons. The lowest BCUT2D eigenvalue weighted by atomic mass is 10.0. The average Bonchev–Trinajstić information content (AvgIpc) is 2.85. The van der Waals surface area contributed by atoms with E-state index in [0.29, 0.717) is 5.78 Å². The predicted octanol–water partition coefficient (Wildman–Crippen LogP) is 2.17. The first-order valence-electron chi connectivity index (χ1n) is 6.11. The summed E-state index contributed by atoms with van der Waals surface area (Å²) in [4.78, 5) is 10.7. The van der Waals surface area contributed by atoms with E-state index in [0.717, 1.165) is 22.6 Å². The maximum absolute atomic E-state index is 4.52. The second-order valence-electron chi connectivity index (χ2n) is 4.63. The fourth-order valence-corrected chi connectivity index (χ4v) is 2.29. The van der Waals surface area contributed by atoms with Crippen molar-refractivity contribution in [1.29, 1.82) is 0 Å². The summed E-state index contributed by atoms with van der Waals surface area (Å²) in [7, 11) is 4.00. The molecule has 0 aliphatic heterocycles. The van der Waals surface area contributed by atoms with Crippen LogP contribution in [0.15, 0.2) is 36.7 Å². The molecule has 3 aromatic rings. The highest BCUT2D eigenvalue weighted by Crippen LogP contribution is 2.31. The van der Waals surface area contributed by atoms with Crippen LogP contribution in [0.2, 0.25) is 0 Å². The molecule has 1 aromatic carbocycles. The number of hydrogen-bond acceptors (Lipinski definition) is 4. The Balaban J connectivity index is 2.40. The molecule has 0 saturated carbocycles. The van der Waals surface area contributed by atoms with Crippen molar-refractivity contribution in [2.45, 2.75) is 6.92 Å². The Hall–Kier alpha value is -2.43. The van der Waals surface area contributed by atoms with Gasteiger partial charge in [-0.3, -0.25) is 0 Å². The average molecular weight is 253 g/mol. The molecular weight excluding hydrogens is 238 g/mol. The van der Waals surface area contributed by atoms with Gasteiger partial charge < -0.3 is 4.90 Å². The van der Waals surface area contributed by atoms with E-state index in [2.05, 4.69) is 27.2 Å². The molecule has 0 saturated heterocycles. The van der Waals surface area contributed by atoms with Crippen LogP contribution in [-0.4, -0.2) is 33.7 Å². The Kier molecular flexibility index (Phi) is 2.67. The van der Waals surface area contributed by atoms with Crippen LogP contribution in [-0.2, 0) is 0 Å². The lowest BCUT2D eigenvalue weighted by molar-refractivity contribution is 0.891. The number of nitrogens with zero attached hydrogens (tertiary/aromatic N) is 5. The summed E-state index contributed by atoms with van der Waals surface area (Å²) >= 11 is 0. The van der Waals surface area contributed by atoms with Crippen molar-refractivity contribution >= 4 is 11.6 Å². The van der Waals surface area contributed by atoms with E-state index < -0.39 is 0 Å². The van der Waals surface area contributed by atoms with Crippen molar-refractivity contribution in [1.82, 2.24) is 19.6 Å². The molecule has 5 nitrogen and oxygen atoms in total. The van der Waals surface area contributed by atoms with Crippen LogP contribution in [0.1, 0.15) is 5.69 Å². The van der Waals surface area contributed by atoms with Gasteiger partial charge in [-0.25, -0.2) is 4.98 Å². The molecule has 0 aliphatic carbocycles. The fraction of sp³-hybridized carbons (Fsp3) is 0.214. The number of fused-ring (bicyclic) bond motifs is 1. The highest BCUT2D eigenvalue weighted by Gasteiger charge is 2.17. The Bertz CT molecular complexity index is 715. The zero-order valence-electron chi connectivity index (χ0n) is 11.2. The van der Waals surface area contributed by atoms with E-state index in [-0.39, 0.29) is 0 Å². The summed E-state index contributed by atoms with van der Waals surface area (Å²) < 4.78 is 1.77. The van der Waals surface area contributed by atoms with Gasteiger partial charge in [0.15, 0.2) is 0 Å². The van der Waals surface area contributed by atoms with Gasteiger partial charge in [-0.05, 0) is 12.5 Å². The molecule has 19 heavy (non-hydrogen) atoms. The molecule has 0 atom stereocenters. The fourth-order valence-electron chi connectivity index (χ4n) is 2.29. The summed E-state index contributed by atoms with van der Waals surface area (Å²) in [6.45, 7) is 2.00. The third kappa shape index (κ3) is 1.83. The van der Waals surface area contributed by atoms with Crippen LogP contribution < -0.4 is 4.90 Å². The maximum Gasteiger partial charge on any atom is 0.254 e. The number of anilines is 1. The monoisotopic (exact) mass is 253 g/mol. The normalized spacial score (nSPS) is 10.9. The van der Waals surface area contributed by atoms with Crippen LogP contribution in [0.4, 0.5) is 5.82 Å². The van der Waals surface area contributed by atoms with Crippen LogP contribution in [0.25, 0.3) is 16.9 Å². The second kappa shape index (κ2) is 4.35. The minimum atomic E-state index is 0.626. The SMILES string of the molecule is Cc1nc2ncnn2c(N(C)C)c1-c1ccccc1. The number of rotatable bonds is 2. The van der Waals surface area contributed by atoms with Crippen LogP contribution >= 0.6 is 0 Å². The lowest BCUT2D eigenvalue weighted by Crippen LogP contribution is -2.16. The van der Waals surface area contributed by atoms with Gasteiger partial charge in [0, 0.05) is 19.7 Å². The zero-order valence-corrected chi connectivity index (χ0v) is 11.2. The van der Waals surface area contributed by atoms with Crippen molar-refractivity contribution in [3.8, 4) is 11.1 Å². The van der Waals surface area contributed by atoms with Crippen LogP contribution in [0.5, 0.6) is 0 Å². The predicted molar refractivity (Wildman–Crippen MR) is 75.3 cm³/mol. The largest absolute Gasteiger partial charge is 0.362 e. The minimum Gasteiger partial charge on any atom is -0.362 e. The van der Waals surface area contributed by atoms with Gasteiger partial charge in [0.25, 0.3) is 5.78 Å². The highest BCUT2D eigenvalue weighted by atomic mass is 15.4. The molecule has 0 unspecified atom stereocenters. The third-order valence-corrected chi connectivity index (χ3v) is 3.07. The molecule has 0 N–H and O–H groups in total. The molecule has 0 bridgehead atoms. The van der Waals surface area contributed by atoms with Gasteiger partial charge in [0.2, 0.25) is 0 Å². The quantitative estimate of drug-likeness (QED) is 0.702. The van der Waals surface area contributed by atoms with Crippen molar-refractivity contribution < 1.29 is 0 Å². The molecule has 0 amide bonds. The summed E-state index contributed by atoms with van der Waals surface area (Å²) in [5.41, 5.74) is 3.17.